The molecule has 19 nitrogen and oxygen atoms in total. The van der Waals surface area contributed by atoms with Gasteiger partial charge in [-0.3, -0.25) is 43.3 Å². The summed E-state index contributed by atoms with van der Waals surface area (Å²) in [6, 6.07) is -5.77. The highest BCUT2D eigenvalue weighted by molar-refractivity contribution is 7.80. The van der Waals surface area contributed by atoms with Gasteiger partial charge in [-0.2, -0.15) is 12.6 Å². The number of aliphatic imine (C=N–C) groups is 1. The van der Waals surface area contributed by atoms with Crippen LogP contribution in [0.3, 0.4) is 0 Å². The highest BCUT2D eigenvalue weighted by atomic mass is 32.1. The van der Waals surface area contributed by atoms with Gasteiger partial charge in [0, 0.05) is 25.8 Å². The van der Waals surface area contributed by atoms with Crippen LogP contribution in [0.5, 0.6) is 0 Å². The lowest BCUT2D eigenvalue weighted by Crippen LogP contribution is -2.58. The largest absolute Gasteiger partial charge is 0.481 e. The maximum atomic E-state index is 13.5. The monoisotopic (exact) mass is 686 g/mol. The summed E-state index contributed by atoms with van der Waals surface area (Å²) >= 11 is 4.11. The molecule has 1 saturated heterocycles. The number of amides is 7. The Morgan fingerprint density at radius 2 is 1.60 bits per heavy atom. The molecule has 0 radical (unpaired) electrons. The van der Waals surface area contributed by atoms with Crippen LogP contribution in [0.4, 0.5) is 0 Å². The molecule has 0 unspecified atom stereocenters. The van der Waals surface area contributed by atoms with E-state index in [1.54, 1.807) is 13.8 Å². The Kier molecular flexibility index (Phi) is 17.0. The molecule has 0 saturated carbocycles. The molecule has 0 aromatic carbocycles. The summed E-state index contributed by atoms with van der Waals surface area (Å²) in [5.74, 6) is -7.07. The number of aliphatic carboxylic acids is 1. The minimum absolute atomic E-state index is 0.122. The molecule has 1 fully saturated rings. The number of rotatable bonds is 19. The Balaban J connectivity index is 2.83. The number of carboxylic acid groups (broad SMARTS) is 1. The zero-order valence-corrected chi connectivity index (χ0v) is 27.5. The molecular formula is C27H46N10O9S. The van der Waals surface area contributed by atoms with Gasteiger partial charge >= 0.3 is 5.97 Å². The lowest BCUT2D eigenvalue weighted by molar-refractivity contribution is -0.144. The predicted molar refractivity (Wildman–Crippen MR) is 171 cm³/mol. The SMILES string of the molecule is CC(=O)N[C@H](CCCN=C(N)N)C(=O)N[C@H](CS)C(=O)NCC(=O)N[C@@H](C(=O)N1CCC[C@@H]1C(=O)N[C@@H](CC(=O)O)C(N)=O)C(C)C. The van der Waals surface area contributed by atoms with E-state index < -0.39 is 96.4 Å². The van der Waals surface area contributed by atoms with Gasteiger partial charge in [0.15, 0.2) is 5.96 Å². The van der Waals surface area contributed by atoms with Crippen molar-refractivity contribution in [2.24, 2.45) is 28.1 Å². The number of nitrogens with two attached hydrogens (primary N) is 3. The number of carbonyl (C=O) groups excluding carboxylic acids is 7. The van der Waals surface area contributed by atoms with E-state index in [0.29, 0.717) is 12.8 Å². The van der Waals surface area contributed by atoms with Gasteiger partial charge in [-0.25, -0.2) is 0 Å². The van der Waals surface area contributed by atoms with Crippen molar-refractivity contribution >= 4 is 65.9 Å². The summed E-state index contributed by atoms with van der Waals surface area (Å²) in [6.45, 7) is 4.38. The first-order valence-corrected chi connectivity index (χ1v) is 15.5. The van der Waals surface area contributed by atoms with E-state index in [0.717, 1.165) is 0 Å². The molecule has 5 atom stereocenters. The third-order valence-corrected chi connectivity index (χ3v) is 7.37. The molecule has 20 heteroatoms. The van der Waals surface area contributed by atoms with Crippen molar-refractivity contribution in [3.05, 3.63) is 0 Å². The van der Waals surface area contributed by atoms with E-state index in [-0.39, 0.29) is 37.6 Å². The Morgan fingerprint density at radius 1 is 0.936 bits per heavy atom. The average molecular weight is 687 g/mol. The fraction of sp³-hybridized carbons (Fsp3) is 0.667. The highest BCUT2D eigenvalue weighted by Gasteiger charge is 2.39. The number of hydrogen-bond acceptors (Lipinski definition) is 10. The summed E-state index contributed by atoms with van der Waals surface area (Å²) in [5.41, 5.74) is 15.8. The second-order valence-corrected chi connectivity index (χ2v) is 11.6. The summed E-state index contributed by atoms with van der Waals surface area (Å²) < 4.78 is 0. The first-order chi connectivity index (χ1) is 22.0. The molecule has 47 heavy (non-hydrogen) atoms. The van der Waals surface area contributed by atoms with Crippen LogP contribution >= 0.6 is 12.6 Å². The number of thiol groups is 1. The van der Waals surface area contributed by atoms with E-state index in [2.05, 4.69) is 44.2 Å². The Hall–Kier alpha value is -4.62. The first kappa shape index (κ1) is 40.4. The van der Waals surface area contributed by atoms with Gasteiger partial charge < -0.3 is 53.8 Å². The van der Waals surface area contributed by atoms with E-state index in [1.807, 2.05) is 0 Å². The minimum Gasteiger partial charge on any atom is -0.481 e. The van der Waals surface area contributed by atoms with Gasteiger partial charge in [-0.05, 0) is 31.6 Å². The third-order valence-electron chi connectivity index (χ3n) is 7.00. The van der Waals surface area contributed by atoms with Crippen molar-refractivity contribution in [1.82, 2.24) is 31.5 Å². The summed E-state index contributed by atoms with van der Waals surface area (Å²) in [6.07, 6.45) is 0.469. The molecule has 0 aliphatic carbocycles. The lowest BCUT2D eigenvalue weighted by Gasteiger charge is -2.31. The van der Waals surface area contributed by atoms with E-state index in [4.69, 9.17) is 22.3 Å². The van der Waals surface area contributed by atoms with Gasteiger partial charge in [0.1, 0.15) is 30.2 Å². The number of carbonyl (C=O) groups is 8. The van der Waals surface area contributed by atoms with Crippen molar-refractivity contribution in [2.75, 3.05) is 25.4 Å². The second-order valence-electron chi connectivity index (χ2n) is 11.2. The van der Waals surface area contributed by atoms with Crippen LogP contribution < -0.4 is 43.8 Å². The van der Waals surface area contributed by atoms with Crippen molar-refractivity contribution in [1.29, 1.82) is 0 Å². The number of carboxylic acids is 1. The first-order valence-electron chi connectivity index (χ1n) is 14.9. The van der Waals surface area contributed by atoms with Crippen LogP contribution in [0.2, 0.25) is 0 Å². The van der Waals surface area contributed by atoms with Crippen molar-refractivity contribution in [2.45, 2.75) is 83.1 Å². The molecule has 0 spiro atoms. The van der Waals surface area contributed by atoms with E-state index in [9.17, 15) is 38.4 Å². The van der Waals surface area contributed by atoms with Crippen molar-refractivity contribution in [3.8, 4) is 0 Å². The molecule has 1 heterocycles. The number of nitrogens with zero attached hydrogens (tertiary/aromatic N) is 2. The van der Waals surface area contributed by atoms with Crippen molar-refractivity contribution in [3.63, 3.8) is 0 Å². The van der Waals surface area contributed by atoms with Crippen LogP contribution in [-0.4, -0.2) is 119 Å². The molecule has 0 aromatic heterocycles. The maximum Gasteiger partial charge on any atom is 0.305 e. The molecular weight excluding hydrogens is 640 g/mol. The van der Waals surface area contributed by atoms with Crippen LogP contribution in [-0.2, 0) is 38.4 Å². The van der Waals surface area contributed by atoms with Gasteiger partial charge in [0.2, 0.25) is 41.4 Å². The number of guanidine groups is 1. The van der Waals surface area contributed by atoms with Crippen LogP contribution in [0.15, 0.2) is 4.99 Å². The summed E-state index contributed by atoms with van der Waals surface area (Å²) in [4.78, 5) is 104. The molecule has 1 aliphatic heterocycles. The van der Waals surface area contributed by atoms with Gasteiger partial charge in [-0.15, -0.1) is 0 Å². The topological polar surface area (TPSA) is 311 Å². The molecule has 1 aliphatic rings. The summed E-state index contributed by atoms with van der Waals surface area (Å²) in [5, 5.41) is 21.2. The van der Waals surface area contributed by atoms with Crippen LogP contribution in [0, 0.1) is 5.92 Å². The number of primary amides is 1. The standard InChI is InChI=1S/C27H46N10O9S/c1-13(2)21(26(46)37-9-5-7-18(37)25(45)34-16(22(28)42)10-20(40)41)36-19(39)11-32-23(43)17(12-47)35-24(44)15(33-14(3)38)6-4-8-31-27(29)30/h13,15-18,21,47H,4-12H2,1-3H3,(H2,28,42)(H,32,43)(H,33,38)(H,34,45)(H,35,44)(H,36,39)(H,40,41)(H4,29,30,31)/t15-,16+,17-,18-,21-/m1/s1. The van der Waals surface area contributed by atoms with Crippen molar-refractivity contribution < 1.29 is 43.5 Å². The normalized spacial score (nSPS) is 16.5. The lowest BCUT2D eigenvalue weighted by atomic mass is 10.0. The van der Waals surface area contributed by atoms with E-state index >= 15 is 0 Å². The average Bonchev–Trinajstić information content (AvgIpc) is 3.47. The Labute approximate surface area is 277 Å². The zero-order chi connectivity index (χ0) is 35.8. The van der Waals surface area contributed by atoms with Gasteiger partial charge in [0.25, 0.3) is 0 Å². The fourth-order valence-corrected chi connectivity index (χ4v) is 4.92. The smallest absolute Gasteiger partial charge is 0.305 e. The quantitative estimate of drug-likeness (QED) is 0.0268. The Morgan fingerprint density at radius 3 is 2.13 bits per heavy atom. The van der Waals surface area contributed by atoms with E-state index in [1.165, 1.54) is 11.8 Å². The molecule has 0 aromatic rings. The highest BCUT2D eigenvalue weighted by Crippen LogP contribution is 2.21. The minimum atomic E-state index is -1.47. The summed E-state index contributed by atoms with van der Waals surface area (Å²) in [7, 11) is 0. The second kappa shape index (κ2) is 19.8. The zero-order valence-electron chi connectivity index (χ0n) is 26.6. The third kappa shape index (κ3) is 14.1. The number of hydrogen-bond donors (Lipinski definition) is 10. The van der Waals surface area contributed by atoms with Gasteiger partial charge in [0.05, 0.1) is 13.0 Å². The molecule has 264 valence electrons. The maximum absolute atomic E-state index is 13.5. The van der Waals surface area contributed by atoms with Gasteiger partial charge in [-0.1, -0.05) is 13.8 Å². The Bertz CT molecular complexity index is 1210. The molecule has 12 N–H and O–H groups in total. The number of likely N-dealkylation sites (tertiary alicyclic amines) is 1. The number of nitrogens with one attached hydrogen (secondary N) is 5. The predicted octanol–water partition coefficient (Wildman–Crippen LogP) is -4.35. The van der Waals surface area contributed by atoms with Crippen LogP contribution in [0.25, 0.3) is 0 Å². The molecule has 0 bridgehead atoms. The molecule has 7 amide bonds. The molecule has 1 rings (SSSR count). The van der Waals surface area contributed by atoms with Crippen LogP contribution in [0.1, 0.15) is 52.9 Å². The fourth-order valence-electron chi connectivity index (χ4n) is 4.66.